The molecule has 0 bridgehead atoms. The fourth-order valence-electron chi connectivity index (χ4n) is 1.85. The van der Waals surface area contributed by atoms with Crippen LogP contribution in [0.3, 0.4) is 0 Å². The van der Waals surface area contributed by atoms with Crippen LogP contribution < -0.4 is 15.8 Å². The third-order valence-electron chi connectivity index (χ3n) is 2.76. The molecule has 0 saturated carbocycles. The van der Waals surface area contributed by atoms with Gasteiger partial charge in [-0.15, -0.1) is 0 Å². The Balaban J connectivity index is 2.06. The van der Waals surface area contributed by atoms with E-state index in [1.807, 2.05) is 56.3 Å². The molecular weight excluding hydrogens is 272 g/mol. The van der Waals surface area contributed by atoms with Crippen molar-refractivity contribution in [2.45, 2.75) is 26.5 Å². The second-order valence-electron chi connectivity index (χ2n) is 4.90. The van der Waals surface area contributed by atoms with Crippen molar-refractivity contribution in [2.75, 3.05) is 11.1 Å². The minimum atomic E-state index is 0.0977. The standard InChI is InChI=1S/C16H19ClN2O/c1-11(2)20-16-9-14(6-7-15(16)18)19-10-12-4-3-5-13(17)8-12/h3-9,11,19H,10,18H2,1-2H3. The fourth-order valence-corrected chi connectivity index (χ4v) is 2.06. The highest BCUT2D eigenvalue weighted by Crippen LogP contribution is 2.26. The molecule has 0 aliphatic carbocycles. The summed E-state index contributed by atoms with van der Waals surface area (Å²) in [6.45, 7) is 4.66. The maximum absolute atomic E-state index is 5.97. The Morgan fingerprint density at radius 2 is 2.00 bits per heavy atom. The second-order valence-corrected chi connectivity index (χ2v) is 5.34. The molecule has 2 aromatic carbocycles. The summed E-state index contributed by atoms with van der Waals surface area (Å²) in [7, 11) is 0. The summed E-state index contributed by atoms with van der Waals surface area (Å²) in [6, 6.07) is 13.5. The monoisotopic (exact) mass is 290 g/mol. The molecule has 0 fully saturated rings. The summed E-state index contributed by atoms with van der Waals surface area (Å²) >= 11 is 5.97. The van der Waals surface area contributed by atoms with Crippen molar-refractivity contribution >= 4 is 23.0 Å². The van der Waals surface area contributed by atoms with Crippen molar-refractivity contribution in [1.29, 1.82) is 0 Å². The molecule has 0 atom stereocenters. The summed E-state index contributed by atoms with van der Waals surface area (Å²) in [5, 5.41) is 4.08. The van der Waals surface area contributed by atoms with Gasteiger partial charge in [0.05, 0.1) is 11.8 Å². The maximum Gasteiger partial charge on any atom is 0.144 e. The fraction of sp³-hybridized carbons (Fsp3) is 0.250. The summed E-state index contributed by atoms with van der Waals surface area (Å²) in [6.07, 6.45) is 0.0977. The Hall–Kier alpha value is -1.87. The number of hydrogen-bond acceptors (Lipinski definition) is 3. The molecular formula is C16H19ClN2O. The van der Waals surface area contributed by atoms with Crippen LogP contribution in [0.5, 0.6) is 5.75 Å². The van der Waals surface area contributed by atoms with E-state index in [1.165, 1.54) is 0 Å². The van der Waals surface area contributed by atoms with E-state index in [0.717, 1.165) is 16.3 Å². The molecule has 0 heterocycles. The quantitative estimate of drug-likeness (QED) is 0.806. The molecule has 0 spiro atoms. The maximum atomic E-state index is 5.97. The van der Waals surface area contributed by atoms with Crippen LogP contribution in [0.1, 0.15) is 19.4 Å². The summed E-state index contributed by atoms with van der Waals surface area (Å²) in [4.78, 5) is 0. The smallest absolute Gasteiger partial charge is 0.144 e. The zero-order valence-corrected chi connectivity index (χ0v) is 12.4. The van der Waals surface area contributed by atoms with Gasteiger partial charge in [-0.05, 0) is 43.7 Å². The zero-order valence-electron chi connectivity index (χ0n) is 11.7. The van der Waals surface area contributed by atoms with Crippen LogP contribution in [0.25, 0.3) is 0 Å². The van der Waals surface area contributed by atoms with E-state index < -0.39 is 0 Å². The number of nitrogen functional groups attached to an aromatic ring is 1. The van der Waals surface area contributed by atoms with Crippen LogP contribution in [0.15, 0.2) is 42.5 Å². The highest BCUT2D eigenvalue weighted by atomic mass is 35.5. The molecule has 0 radical (unpaired) electrons. The number of nitrogens with two attached hydrogens (primary N) is 1. The molecule has 0 amide bonds. The molecule has 106 valence electrons. The highest BCUT2D eigenvalue weighted by molar-refractivity contribution is 6.30. The van der Waals surface area contributed by atoms with Crippen LogP contribution in [0, 0.1) is 0 Å². The topological polar surface area (TPSA) is 47.3 Å². The largest absolute Gasteiger partial charge is 0.489 e. The Morgan fingerprint density at radius 3 is 2.70 bits per heavy atom. The number of nitrogens with one attached hydrogen (secondary N) is 1. The van der Waals surface area contributed by atoms with E-state index in [4.69, 9.17) is 22.1 Å². The van der Waals surface area contributed by atoms with Crippen molar-refractivity contribution in [3.05, 3.63) is 53.1 Å². The Bertz CT molecular complexity index is 584. The first kappa shape index (κ1) is 14.5. The Labute approximate surface area is 124 Å². The van der Waals surface area contributed by atoms with Gasteiger partial charge in [0.15, 0.2) is 0 Å². The van der Waals surface area contributed by atoms with Crippen molar-refractivity contribution in [3.63, 3.8) is 0 Å². The van der Waals surface area contributed by atoms with Gasteiger partial charge in [0.25, 0.3) is 0 Å². The van der Waals surface area contributed by atoms with E-state index in [0.29, 0.717) is 18.0 Å². The Kier molecular flexibility index (Phi) is 4.74. The number of benzene rings is 2. The zero-order chi connectivity index (χ0) is 14.5. The molecule has 20 heavy (non-hydrogen) atoms. The lowest BCUT2D eigenvalue weighted by Crippen LogP contribution is -2.08. The van der Waals surface area contributed by atoms with Crippen LogP contribution in [0.4, 0.5) is 11.4 Å². The van der Waals surface area contributed by atoms with Gasteiger partial charge < -0.3 is 15.8 Å². The second kappa shape index (κ2) is 6.53. The lowest BCUT2D eigenvalue weighted by atomic mass is 10.2. The van der Waals surface area contributed by atoms with Gasteiger partial charge in [-0.2, -0.15) is 0 Å². The highest BCUT2D eigenvalue weighted by Gasteiger charge is 2.04. The minimum absolute atomic E-state index is 0.0977. The minimum Gasteiger partial charge on any atom is -0.489 e. The van der Waals surface area contributed by atoms with Crippen LogP contribution in [-0.2, 0) is 6.54 Å². The summed E-state index contributed by atoms with van der Waals surface area (Å²) < 4.78 is 5.67. The predicted octanol–water partition coefficient (Wildman–Crippen LogP) is 4.32. The average Bonchev–Trinajstić information content (AvgIpc) is 2.39. The number of rotatable bonds is 5. The van der Waals surface area contributed by atoms with Crippen molar-refractivity contribution in [1.82, 2.24) is 0 Å². The predicted molar refractivity (Wildman–Crippen MR) is 85.4 cm³/mol. The Morgan fingerprint density at radius 1 is 1.20 bits per heavy atom. The number of anilines is 2. The van der Waals surface area contributed by atoms with Gasteiger partial charge in [0.1, 0.15) is 5.75 Å². The van der Waals surface area contributed by atoms with E-state index in [-0.39, 0.29) is 6.10 Å². The third kappa shape index (κ3) is 4.07. The number of hydrogen-bond donors (Lipinski definition) is 2. The van der Waals surface area contributed by atoms with Gasteiger partial charge in [-0.1, -0.05) is 23.7 Å². The lowest BCUT2D eigenvalue weighted by Gasteiger charge is -2.14. The lowest BCUT2D eigenvalue weighted by molar-refractivity contribution is 0.244. The molecule has 2 aromatic rings. The first-order valence-electron chi connectivity index (χ1n) is 6.59. The van der Waals surface area contributed by atoms with E-state index >= 15 is 0 Å². The molecule has 0 aromatic heterocycles. The van der Waals surface area contributed by atoms with Crippen LogP contribution in [-0.4, -0.2) is 6.10 Å². The average molecular weight is 291 g/mol. The SMILES string of the molecule is CC(C)Oc1cc(NCc2cccc(Cl)c2)ccc1N. The molecule has 0 aliphatic rings. The van der Waals surface area contributed by atoms with E-state index in [9.17, 15) is 0 Å². The van der Waals surface area contributed by atoms with Crippen molar-refractivity contribution in [2.24, 2.45) is 0 Å². The van der Waals surface area contributed by atoms with Gasteiger partial charge >= 0.3 is 0 Å². The molecule has 2 rings (SSSR count). The molecule has 0 unspecified atom stereocenters. The van der Waals surface area contributed by atoms with Crippen molar-refractivity contribution < 1.29 is 4.74 Å². The van der Waals surface area contributed by atoms with Gasteiger partial charge in [-0.3, -0.25) is 0 Å². The molecule has 0 saturated heterocycles. The molecule has 3 N–H and O–H groups in total. The molecule has 4 heteroatoms. The van der Waals surface area contributed by atoms with Crippen LogP contribution >= 0.6 is 11.6 Å². The van der Waals surface area contributed by atoms with E-state index in [1.54, 1.807) is 0 Å². The van der Waals surface area contributed by atoms with E-state index in [2.05, 4.69) is 5.32 Å². The van der Waals surface area contributed by atoms with Crippen LogP contribution in [0.2, 0.25) is 5.02 Å². The van der Waals surface area contributed by atoms with Gasteiger partial charge in [0, 0.05) is 23.3 Å². The normalized spacial score (nSPS) is 10.6. The van der Waals surface area contributed by atoms with Crippen molar-refractivity contribution in [3.8, 4) is 5.75 Å². The first-order chi connectivity index (χ1) is 9.54. The molecule has 0 aliphatic heterocycles. The first-order valence-corrected chi connectivity index (χ1v) is 6.97. The number of ether oxygens (including phenoxy) is 1. The van der Waals surface area contributed by atoms with Gasteiger partial charge in [-0.25, -0.2) is 0 Å². The number of halogens is 1. The third-order valence-corrected chi connectivity index (χ3v) is 3.00. The molecule has 3 nitrogen and oxygen atoms in total. The van der Waals surface area contributed by atoms with Gasteiger partial charge in [0.2, 0.25) is 0 Å². The summed E-state index contributed by atoms with van der Waals surface area (Å²) in [5.74, 6) is 0.705. The summed E-state index contributed by atoms with van der Waals surface area (Å²) in [5.41, 5.74) is 8.63.